The molecule has 1 aromatic carbocycles. The second-order valence-electron chi connectivity index (χ2n) is 7.94. The van der Waals surface area contributed by atoms with Gasteiger partial charge in [-0.1, -0.05) is 25.0 Å². The Labute approximate surface area is 172 Å². The Hall–Kier alpha value is -2.09. The van der Waals surface area contributed by atoms with Crippen LogP contribution in [0, 0.1) is 13.8 Å². The molecule has 1 aliphatic carbocycles. The predicted molar refractivity (Wildman–Crippen MR) is 109 cm³/mol. The zero-order valence-corrected chi connectivity index (χ0v) is 17.9. The number of amides is 1. The van der Waals surface area contributed by atoms with Crippen LogP contribution in [0.2, 0.25) is 0 Å². The molecule has 8 heteroatoms. The van der Waals surface area contributed by atoms with E-state index >= 15 is 0 Å². The third kappa shape index (κ3) is 5.50. The molecule has 1 saturated carbocycles. The van der Waals surface area contributed by atoms with Crippen molar-refractivity contribution in [2.75, 3.05) is 24.7 Å². The molecule has 7 nitrogen and oxygen atoms in total. The van der Waals surface area contributed by atoms with Crippen LogP contribution in [0.25, 0.3) is 0 Å². The molecule has 0 aromatic heterocycles. The van der Waals surface area contributed by atoms with E-state index < -0.39 is 15.8 Å². The van der Waals surface area contributed by atoms with E-state index in [1.165, 1.54) is 0 Å². The summed E-state index contributed by atoms with van der Waals surface area (Å²) in [7, 11) is -3.10. The van der Waals surface area contributed by atoms with E-state index in [9.17, 15) is 18.0 Å². The molecular weight excluding hydrogens is 394 g/mol. The number of hydrogen-bond acceptors (Lipinski definition) is 6. The monoisotopic (exact) mass is 423 g/mol. The number of carbonyl (C=O) groups is 2. The van der Waals surface area contributed by atoms with Gasteiger partial charge >= 0.3 is 5.97 Å². The predicted octanol–water partition coefficient (Wildman–Crippen LogP) is 2.18. The molecule has 160 valence electrons. The first-order valence-electron chi connectivity index (χ1n) is 10.1. The van der Waals surface area contributed by atoms with Crippen molar-refractivity contribution in [1.82, 2.24) is 4.90 Å². The van der Waals surface area contributed by atoms with Gasteiger partial charge in [0.2, 0.25) is 0 Å². The van der Waals surface area contributed by atoms with Crippen molar-refractivity contribution in [3.05, 3.63) is 29.3 Å². The van der Waals surface area contributed by atoms with Crippen molar-refractivity contribution >= 4 is 21.7 Å². The van der Waals surface area contributed by atoms with Gasteiger partial charge in [-0.3, -0.25) is 4.79 Å². The van der Waals surface area contributed by atoms with Crippen LogP contribution >= 0.6 is 0 Å². The van der Waals surface area contributed by atoms with Gasteiger partial charge in [-0.15, -0.1) is 0 Å². The summed E-state index contributed by atoms with van der Waals surface area (Å²) < 4.78 is 34.4. The zero-order valence-electron chi connectivity index (χ0n) is 17.1. The molecule has 1 aliphatic heterocycles. The van der Waals surface area contributed by atoms with Crippen molar-refractivity contribution in [3.8, 4) is 5.75 Å². The van der Waals surface area contributed by atoms with Gasteiger partial charge in [0, 0.05) is 12.1 Å². The SMILES string of the molecule is Cc1cccc(OCC(=O)OCC(=O)N(C2CCCC2)[C@H]2CCS(=O)(=O)C2)c1C. The molecular formula is C21H29NO6S. The van der Waals surface area contributed by atoms with E-state index in [4.69, 9.17) is 9.47 Å². The number of nitrogens with zero attached hydrogens (tertiary/aromatic N) is 1. The molecule has 29 heavy (non-hydrogen) atoms. The number of aryl methyl sites for hydroxylation is 1. The molecule has 3 rings (SSSR count). The minimum atomic E-state index is -3.10. The summed E-state index contributed by atoms with van der Waals surface area (Å²) in [5.41, 5.74) is 2.01. The fraction of sp³-hybridized carbons (Fsp3) is 0.619. The van der Waals surface area contributed by atoms with E-state index in [2.05, 4.69) is 0 Å². The van der Waals surface area contributed by atoms with Crippen LogP contribution in [0.4, 0.5) is 0 Å². The average molecular weight is 424 g/mol. The lowest BCUT2D eigenvalue weighted by Crippen LogP contribution is -2.48. The molecule has 0 unspecified atom stereocenters. The Bertz CT molecular complexity index is 860. The Morgan fingerprint density at radius 2 is 1.79 bits per heavy atom. The number of carbonyl (C=O) groups excluding carboxylic acids is 2. The number of benzene rings is 1. The molecule has 1 amide bonds. The van der Waals surface area contributed by atoms with E-state index in [1.54, 1.807) is 11.0 Å². The summed E-state index contributed by atoms with van der Waals surface area (Å²) in [5.74, 6) is -0.225. The van der Waals surface area contributed by atoms with Gasteiger partial charge in [-0.2, -0.15) is 0 Å². The largest absolute Gasteiger partial charge is 0.482 e. The van der Waals surface area contributed by atoms with Crippen LogP contribution in [0.1, 0.15) is 43.2 Å². The van der Waals surface area contributed by atoms with E-state index in [-0.39, 0.29) is 42.7 Å². The van der Waals surface area contributed by atoms with Crippen molar-refractivity contribution in [2.24, 2.45) is 0 Å². The minimum absolute atomic E-state index is 0.00106. The van der Waals surface area contributed by atoms with Crippen molar-refractivity contribution in [1.29, 1.82) is 0 Å². The highest BCUT2D eigenvalue weighted by molar-refractivity contribution is 7.91. The Morgan fingerprint density at radius 3 is 2.45 bits per heavy atom. The molecule has 1 heterocycles. The number of hydrogen-bond donors (Lipinski definition) is 0. The van der Waals surface area contributed by atoms with Crippen LogP contribution in [-0.2, 0) is 24.2 Å². The Kier molecular flexibility index (Phi) is 6.82. The molecule has 1 saturated heterocycles. The van der Waals surface area contributed by atoms with Gasteiger partial charge in [0.1, 0.15) is 5.75 Å². The smallest absolute Gasteiger partial charge is 0.344 e. The maximum atomic E-state index is 12.8. The van der Waals surface area contributed by atoms with Gasteiger partial charge in [-0.25, -0.2) is 13.2 Å². The highest BCUT2D eigenvalue weighted by Gasteiger charge is 2.39. The van der Waals surface area contributed by atoms with Crippen LogP contribution in [0.15, 0.2) is 18.2 Å². The first-order valence-corrected chi connectivity index (χ1v) is 12.0. The van der Waals surface area contributed by atoms with Gasteiger partial charge in [0.05, 0.1) is 11.5 Å². The highest BCUT2D eigenvalue weighted by atomic mass is 32.2. The third-order valence-corrected chi connectivity index (χ3v) is 7.62. The van der Waals surface area contributed by atoms with Crippen LogP contribution in [0.5, 0.6) is 5.75 Å². The summed E-state index contributed by atoms with van der Waals surface area (Å²) in [4.78, 5) is 26.6. The van der Waals surface area contributed by atoms with Gasteiger partial charge in [-0.05, 0) is 50.3 Å². The molecule has 1 atom stereocenters. The van der Waals surface area contributed by atoms with E-state index in [1.807, 2.05) is 26.0 Å². The highest BCUT2D eigenvalue weighted by Crippen LogP contribution is 2.29. The average Bonchev–Trinajstić information content (AvgIpc) is 3.31. The summed E-state index contributed by atoms with van der Waals surface area (Å²) in [6, 6.07) is 5.30. The minimum Gasteiger partial charge on any atom is -0.482 e. The summed E-state index contributed by atoms with van der Waals surface area (Å²) in [6.07, 6.45) is 4.24. The normalized spacial score (nSPS) is 21.1. The second kappa shape index (κ2) is 9.15. The molecule has 1 aromatic rings. The number of ether oxygens (including phenoxy) is 2. The van der Waals surface area contributed by atoms with Gasteiger partial charge < -0.3 is 14.4 Å². The van der Waals surface area contributed by atoms with Crippen LogP contribution in [-0.4, -0.2) is 62.0 Å². The standard InChI is InChI=1S/C21H29NO6S/c1-15-6-5-9-19(16(15)2)27-13-21(24)28-12-20(23)22(17-7-3-4-8-17)18-10-11-29(25,26)14-18/h5-6,9,17-18H,3-4,7-8,10-14H2,1-2H3/t18-/m0/s1. The fourth-order valence-electron chi connectivity index (χ4n) is 4.16. The lowest BCUT2D eigenvalue weighted by Gasteiger charge is -2.33. The van der Waals surface area contributed by atoms with Crippen LogP contribution < -0.4 is 4.74 Å². The maximum Gasteiger partial charge on any atom is 0.344 e. The molecule has 0 N–H and O–H groups in total. The number of rotatable bonds is 7. The first kappa shape index (κ1) is 21.6. The molecule has 0 radical (unpaired) electrons. The Balaban J connectivity index is 1.55. The van der Waals surface area contributed by atoms with Crippen molar-refractivity contribution in [2.45, 2.75) is 58.0 Å². The summed E-state index contributed by atoms with van der Waals surface area (Å²) >= 11 is 0. The number of esters is 1. The van der Waals surface area contributed by atoms with E-state index in [0.29, 0.717) is 12.2 Å². The summed E-state index contributed by atoms with van der Waals surface area (Å²) in [5, 5.41) is 0. The first-order chi connectivity index (χ1) is 13.8. The van der Waals surface area contributed by atoms with E-state index in [0.717, 1.165) is 36.8 Å². The zero-order chi connectivity index (χ0) is 21.0. The second-order valence-corrected chi connectivity index (χ2v) is 10.2. The fourth-order valence-corrected chi connectivity index (χ4v) is 5.87. The molecule has 2 aliphatic rings. The van der Waals surface area contributed by atoms with Gasteiger partial charge in [0.15, 0.2) is 23.1 Å². The lowest BCUT2D eigenvalue weighted by molar-refractivity contribution is -0.155. The summed E-state index contributed by atoms with van der Waals surface area (Å²) in [6.45, 7) is 3.20. The van der Waals surface area contributed by atoms with Crippen LogP contribution in [0.3, 0.4) is 0 Å². The molecule has 2 fully saturated rings. The molecule has 0 spiro atoms. The topological polar surface area (TPSA) is 90.0 Å². The number of sulfone groups is 1. The lowest BCUT2D eigenvalue weighted by atomic mass is 10.1. The van der Waals surface area contributed by atoms with Crippen molar-refractivity contribution in [3.63, 3.8) is 0 Å². The quantitative estimate of drug-likeness (QED) is 0.625. The van der Waals surface area contributed by atoms with Gasteiger partial charge in [0.25, 0.3) is 5.91 Å². The maximum absolute atomic E-state index is 12.8. The van der Waals surface area contributed by atoms with Crippen molar-refractivity contribution < 1.29 is 27.5 Å². The molecule has 0 bridgehead atoms. The third-order valence-electron chi connectivity index (χ3n) is 5.86. The Morgan fingerprint density at radius 1 is 1.07 bits per heavy atom.